The Labute approximate surface area is 144 Å². The number of carbonyl (C=O) groups is 1. The highest BCUT2D eigenvalue weighted by Crippen LogP contribution is 2.12. The summed E-state index contributed by atoms with van der Waals surface area (Å²) in [6, 6.07) is 4.10. The van der Waals surface area contributed by atoms with Crippen LogP contribution in [0.1, 0.15) is 19.4 Å². The number of pyridine rings is 1. The summed E-state index contributed by atoms with van der Waals surface area (Å²) in [4.78, 5) is 23.4. The number of nitrogens with zero attached hydrogens (tertiary/aromatic N) is 4. The van der Waals surface area contributed by atoms with Crippen molar-refractivity contribution in [2.24, 2.45) is 0 Å². The molecule has 0 radical (unpaired) electrons. The molecule has 2 unspecified atom stereocenters. The van der Waals surface area contributed by atoms with Crippen LogP contribution >= 0.6 is 0 Å². The fourth-order valence-electron chi connectivity index (χ4n) is 3.53. The molecule has 6 nitrogen and oxygen atoms in total. The highest BCUT2D eigenvalue weighted by molar-refractivity contribution is 5.78. The molecule has 2 saturated heterocycles. The summed E-state index contributed by atoms with van der Waals surface area (Å²) >= 11 is 0. The molecule has 3 heterocycles. The van der Waals surface area contributed by atoms with Crippen LogP contribution in [0.4, 0.5) is 0 Å². The van der Waals surface area contributed by atoms with Gasteiger partial charge in [0.1, 0.15) is 0 Å². The molecule has 0 N–H and O–H groups in total. The zero-order chi connectivity index (χ0) is 16.9. The molecule has 0 bridgehead atoms. The molecule has 6 heteroatoms. The number of hydrogen-bond acceptors (Lipinski definition) is 5. The van der Waals surface area contributed by atoms with Gasteiger partial charge in [-0.1, -0.05) is 6.07 Å². The zero-order valence-electron chi connectivity index (χ0n) is 14.7. The molecule has 2 aliphatic heterocycles. The minimum absolute atomic E-state index is 0.133. The molecule has 24 heavy (non-hydrogen) atoms. The summed E-state index contributed by atoms with van der Waals surface area (Å²) in [5.74, 6) is 0.234. The van der Waals surface area contributed by atoms with Crippen LogP contribution in [0.25, 0.3) is 0 Å². The van der Waals surface area contributed by atoms with Crippen molar-refractivity contribution in [1.29, 1.82) is 0 Å². The molecule has 0 spiro atoms. The van der Waals surface area contributed by atoms with E-state index in [0.717, 1.165) is 32.7 Å². The van der Waals surface area contributed by atoms with Gasteiger partial charge in [-0.25, -0.2) is 0 Å². The first kappa shape index (κ1) is 17.3. The second-order valence-electron chi connectivity index (χ2n) is 6.97. The molecule has 2 fully saturated rings. The molecular formula is C18H28N4O2. The van der Waals surface area contributed by atoms with Crippen molar-refractivity contribution >= 4 is 5.91 Å². The first-order chi connectivity index (χ1) is 11.6. The zero-order valence-corrected chi connectivity index (χ0v) is 14.7. The van der Waals surface area contributed by atoms with E-state index < -0.39 is 0 Å². The largest absolute Gasteiger partial charge is 0.372 e. The highest BCUT2D eigenvalue weighted by Gasteiger charge is 2.27. The SMILES string of the molecule is CC1CN(C(=O)CN2CCN(Cc3cccnc3)CC2)CC(C)O1. The number of rotatable bonds is 4. The third-order valence-electron chi connectivity index (χ3n) is 4.73. The first-order valence-electron chi connectivity index (χ1n) is 8.87. The third-order valence-corrected chi connectivity index (χ3v) is 4.73. The van der Waals surface area contributed by atoms with E-state index in [1.807, 2.05) is 31.0 Å². The Morgan fingerprint density at radius 2 is 1.83 bits per heavy atom. The quantitative estimate of drug-likeness (QED) is 0.818. The monoisotopic (exact) mass is 332 g/mol. The van der Waals surface area contributed by atoms with Gasteiger partial charge in [-0.05, 0) is 25.5 Å². The lowest BCUT2D eigenvalue weighted by Crippen LogP contribution is -2.53. The minimum Gasteiger partial charge on any atom is -0.372 e. The molecule has 1 aromatic heterocycles. The van der Waals surface area contributed by atoms with Gasteiger partial charge in [0.25, 0.3) is 0 Å². The Morgan fingerprint density at radius 1 is 1.17 bits per heavy atom. The van der Waals surface area contributed by atoms with Crippen LogP contribution in [-0.2, 0) is 16.1 Å². The number of piperazine rings is 1. The van der Waals surface area contributed by atoms with Crippen LogP contribution in [-0.4, -0.2) is 83.6 Å². The highest BCUT2D eigenvalue weighted by atomic mass is 16.5. The van der Waals surface area contributed by atoms with Gasteiger partial charge in [0.2, 0.25) is 5.91 Å². The maximum Gasteiger partial charge on any atom is 0.236 e. The fourth-order valence-corrected chi connectivity index (χ4v) is 3.53. The summed E-state index contributed by atoms with van der Waals surface area (Å²) in [6.45, 7) is 10.8. The van der Waals surface area contributed by atoms with Crippen LogP contribution in [0, 0.1) is 0 Å². The van der Waals surface area contributed by atoms with Crippen molar-refractivity contribution in [3.63, 3.8) is 0 Å². The molecule has 2 atom stereocenters. The van der Waals surface area contributed by atoms with Crippen LogP contribution in [0.3, 0.4) is 0 Å². The number of morpholine rings is 1. The summed E-state index contributed by atoms with van der Waals surface area (Å²) < 4.78 is 5.71. The van der Waals surface area contributed by atoms with Crippen molar-refractivity contribution in [1.82, 2.24) is 19.7 Å². The average Bonchev–Trinajstić information content (AvgIpc) is 2.57. The Hall–Kier alpha value is -1.50. The second-order valence-corrected chi connectivity index (χ2v) is 6.97. The molecule has 3 rings (SSSR count). The number of hydrogen-bond donors (Lipinski definition) is 0. The van der Waals surface area contributed by atoms with Gasteiger partial charge in [-0.2, -0.15) is 0 Å². The normalized spacial score (nSPS) is 26.5. The average molecular weight is 332 g/mol. The maximum atomic E-state index is 12.5. The molecule has 1 aromatic rings. The number of carbonyl (C=O) groups excluding carboxylic acids is 1. The summed E-state index contributed by atoms with van der Waals surface area (Å²) in [7, 11) is 0. The van der Waals surface area contributed by atoms with Crippen LogP contribution < -0.4 is 0 Å². The van der Waals surface area contributed by atoms with Gasteiger partial charge in [0, 0.05) is 58.2 Å². The van der Waals surface area contributed by atoms with E-state index in [-0.39, 0.29) is 18.1 Å². The van der Waals surface area contributed by atoms with Gasteiger partial charge in [-0.3, -0.25) is 19.6 Å². The van der Waals surface area contributed by atoms with Gasteiger partial charge >= 0.3 is 0 Å². The van der Waals surface area contributed by atoms with E-state index >= 15 is 0 Å². The standard InChI is InChI=1S/C18H28N4O2/c1-15-11-22(12-16(2)24-15)18(23)14-21-8-6-20(7-9-21)13-17-4-3-5-19-10-17/h3-5,10,15-16H,6-9,11-14H2,1-2H3. The van der Waals surface area contributed by atoms with E-state index in [1.54, 1.807) is 6.20 Å². The van der Waals surface area contributed by atoms with Gasteiger partial charge in [0.05, 0.1) is 18.8 Å². The lowest BCUT2D eigenvalue weighted by molar-refractivity contribution is -0.144. The molecule has 0 saturated carbocycles. The molecule has 1 amide bonds. The van der Waals surface area contributed by atoms with Crippen molar-refractivity contribution in [2.45, 2.75) is 32.6 Å². The van der Waals surface area contributed by atoms with E-state index in [1.165, 1.54) is 5.56 Å². The van der Waals surface area contributed by atoms with Crippen LogP contribution in [0.15, 0.2) is 24.5 Å². The summed E-state index contributed by atoms with van der Waals surface area (Å²) in [5.41, 5.74) is 1.25. The maximum absolute atomic E-state index is 12.5. The van der Waals surface area contributed by atoms with Crippen molar-refractivity contribution < 1.29 is 9.53 Å². The number of ether oxygens (including phenoxy) is 1. The molecule has 2 aliphatic rings. The minimum atomic E-state index is 0.133. The smallest absolute Gasteiger partial charge is 0.236 e. The van der Waals surface area contributed by atoms with E-state index in [0.29, 0.717) is 19.6 Å². The van der Waals surface area contributed by atoms with Crippen molar-refractivity contribution in [3.05, 3.63) is 30.1 Å². The fraction of sp³-hybridized carbons (Fsp3) is 0.667. The topological polar surface area (TPSA) is 48.9 Å². The predicted octanol–water partition coefficient (Wildman–Crippen LogP) is 0.835. The third kappa shape index (κ3) is 4.75. The molecule has 0 aromatic carbocycles. The van der Waals surface area contributed by atoms with Gasteiger partial charge in [0.15, 0.2) is 0 Å². The lowest BCUT2D eigenvalue weighted by Gasteiger charge is -2.38. The summed E-state index contributed by atoms with van der Waals surface area (Å²) in [5, 5.41) is 0. The molecule has 132 valence electrons. The number of aromatic nitrogens is 1. The van der Waals surface area contributed by atoms with Crippen molar-refractivity contribution in [2.75, 3.05) is 45.8 Å². The predicted molar refractivity (Wildman–Crippen MR) is 92.5 cm³/mol. The Bertz CT molecular complexity index is 521. The molecular weight excluding hydrogens is 304 g/mol. The van der Waals surface area contributed by atoms with E-state index in [2.05, 4.69) is 20.9 Å². The van der Waals surface area contributed by atoms with Crippen LogP contribution in [0.2, 0.25) is 0 Å². The van der Waals surface area contributed by atoms with Crippen molar-refractivity contribution in [3.8, 4) is 0 Å². The van der Waals surface area contributed by atoms with Gasteiger partial charge in [-0.15, -0.1) is 0 Å². The second kappa shape index (κ2) is 8.05. The number of amides is 1. The Morgan fingerprint density at radius 3 is 2.46 bits per heavy atom. The molecule has 0 aliphatic carbocycles. The lowest BCUT2D eigenvalue weighted by atomic mass is 10.2. The Balaban J connectivity index is 1.42. The Kier molecular flexibility index (Phi) is 5.81. The summed E-state index contributed by atoms with van der Waals surface area (Å²) in [6.07, 6.45) is 4.00. The van der Waals surface area contributed by atoms with Gasteiger partial charge < -0.3 is 9.64 Å². The first-order valence-corrected chi connectivity index (χ1v) is 8.87. The van der Waals surface area contributed by atoms with E-state index in [9.17, 15) is 4.79 Å². The van der Waals surface area contributed by atoms with Crippen LogP contribution in [0.5, 0.6) is 0 Å². The van der Waals surface area contributed by atoms with E-state index in [4.69, 9.17) is 4.74 Å².